The molecule has 3 nitrogen and oxygen atoms in total. The highest BCUT2D eigenvalue weighted by Gasteiger charge is 2.21. The highest BCUT2D eigenvalue weighted by atomic mass is 16.4. The first kappa shape index (κ1) is 16.2. The molecule has 0 bridgehead atoms. The van der Waals surface area contributed by atoms with Crippen molar-refractivity contribution in [2.24, 2.45) is 5.92 Å². The molecule has 1 N–H and O–H groups in total. The van der Waals surface area contributed by atoms with Crippen LogP contribution in [0.3, 0.4) is 0 Å². The number of hydrogen-bond donors (Lipinski definition) is 1. The first-order valence-corrected chi connectivity index (χ1v) is 7.99. The molecular formula is C19H24NO2+. The highest BCUT2D eigenvalue weighted by molar-refractivity contribution is 5.70. The van der Waals surface area contributed by atoms with E-state index in [0.29, 0.717) is 6.42 Å². The van der Waals surface area contributed by atoms with Crippen molar-refractivity contribution in [2.75, 3.05) is 0 Å². The quantitative estimate of drug-likeness (QED) is 0.595. The molecule has 0 fully saturated rings. The third-order valence-corrected chi connectivity index (χ3v) is 3.96. The van der Waals surface area contributed by atoms with Gasteiger partial charge in [-0.05, 0) is 12.8 Å². The molecule has 2 aromatic rings. The average Bonchev–Trinajstić information content (AvgIpc) is 2.55. The van der Waals surface area contributed by atoms with E-state index in [1.54, 1.807) is 0 Å². The van der Waals surface area contributed by atoms with Gasteiger partial charge in [-0.1, -0.05) is 50.5 Å². The number of rotatable bonds is 8. The van der Waals surface area contributed by atoms with E-state index in [0.717, 1.165) is 36.9 Å². The summed E-state index contributed by atoms with van der Waals surface area (Å²) in [6.45, 7) is 2.14. The number of para-hydroxylation sites is 1. The second-order valence-corrected chi connectivity index (χ2v) is 5.65. The number of hydrogen-bond acceptors (Lipinski definition) is 1. The van der Waals surface area contributed by atoms with Crippen LogP contribution in [0.2, 0.25) is 0 Å². The van der Waals surface area contributed by atoms with Crippen LogP contribution >= 0.6 is 0 Å². The van der Waals surface area contributed by atoms with Crippen molar-refractivity contribution in [3.8, 4) is 5.69 Å². The lowest BCUT2D eigenvalue weighted by molar-refractivity contribution is -0.596. The van der Waals surface area contributed by atoms with Gasteiger partial charge in [-0.2, -0.15) is 4.57 Å². The van der Waals surface area contributed by atoms with Crippen LogP contribution in [-0.2, 0) is 11.2 Å². The summed E-state index contributed by atoms with van der Waals surface area (Å²) in [5, 5.41) is 9.49. The third kappa shape index (κ3) is 4.42. The van der Waals surface area contributed by atoms with E-state index in [-0.39, 0.29) is 5.92 Å². The van der Waals surface area contributed by atoms with Crippen molar-refractivity contribution in [1.29, 1.82) is 0 Å². The zero-order chi connectivity index (χ0) is 15.8. The van der Waals surface area contributed by atoms with E-state index in [4.69, 9.17) is 0 Å². The second kappa shape index (κ2) is 8.32. The SMILES string of the molecule is CCCCCC(Cc1ccccc1-[n+]1ccccc1)C(=O)O. The average molecular weight is 298 g/mol. The predicted octanol–water partition coefficient (Wildman–Crippen LogP) is 3.79. The molecule has 0 spiro atoms. The Bertz CT molecular complexity index is 595. The van der Waals surface area contributed by atoms with Crippen LogP contribution in [0.25, 0.3) is 5.69 Å². The molecule has 0 aliphatic carbocycles. The standard InChI is InChI=1S/C19H23NO2/c1-2-3-5-11-17(19(21)22)15-16-10-6-7-12-18(16)20-13-8-4-9-14-20/h4,6-10,12-14,17H,2-3,5,11,15H2,1H3/p+1. The van der Waals surface area contributed by atoms with Crippen molar-refractivity contribution < 1.29 is 14.5 Å². The van der Waals surface area contributed by atoms with E-state index in [2.05, 4.69) is 6.92 Å². The molecule has 1 aromatic heterocycles. The van der Waals surface area contributed by atoms with Crippen LogP contribution in [0.5, 0.6) is 0 Å². The predicted molar refractivity (Wildman–Crippen MR) is 86.9 cm³/mol. The Morgan fingerprint density at radius 3 is 2.50 bits per heavy atom. The van der Waals surface area contributed by atoms with Gasteiger partial charge < -0.3 is 5.11 Å². The fraction of sp³-hybridized carbons (Fsp3) is 0.368. The lowest BCUT2D eigenvalue weighted by atomic mass is 9.93. The summed E-state index contributed by atoms with van der Waals surface area (Å²) in [5.41, 5.74) is 2.15. The van der Waals surface area contributed by atoms with E-state index < -0.39 is 5.97 Å². The fourth-order valence-corrected chi connectivity index (χ4v) is 2.71. The largest absolute Gasteiger partial charge is 0.481 e. The summed E-state index contributed by atoms with van der Waals surface area (Å²) in [6, 6.07) is 14.0. The molecule has 0 aliphatic heterocycles. The number of carbonyl (C=O) groups is 1. The smallest absolute Gasteiger partial charge is 0.306 e. The minimum atomic E-state index is -0.691. The zero-order valence-corrected chi connectivity index (χ0v) is 13.1. The number of unbranched alkanes of at least 4 members (excludes halogenated alkanes) is 2. The molecule has 0 saturated heterocycles. The van der Waals surface area contributed by atoms with Crippen LogP contribution in [0.15, 0.2) is 54.9 Å². The Balaban J connectivity index is 2.19. The normalized spacial score (nSPS) is 12.0. The van der Waals surface area contributed by atoms with E-state index in [1.807, 2.05) is 59.4 Å². The molecule has 0 amide bonds. The Morgan fingerprint density at radius 2 is 1.82 bits per heavy atom. The van der Waals surface area contributed by atoms with Crippen molar-refractivity contribution in [1.82, 2.24) is 0 Å². The number of aliphatic carboxylic acids is 1. The summed E-state index contributed by atoms with van der Waals surface area (Å²) in [7, 11) is 0. The van der Waals surface area contributed by atoms with Gasteiger partial charge in [-0.15, -0.1) is 0 Å². The monoisotopic (exact) mass is 298 g/mol. The molecule has 1 heterocycles. The number of benzene rings is 1. The van der Waals surface area contributed by atoms with Gasteiger partial charge in [-0.25, -0.2) is 0 Å². The van der Waals surface area contributed by atoms with Gasteiger partial charge in [0.15, 0.2) is 12.4 Å². The maximum Gasteiger partial charge on any atom is 0.306 e. The number of pyridine rings is 1. The topological polar surface area (TPSA) is 41.2 Å². The molecule has 0 saturated carbocycles. The third-order valence-electron chi connectivity index (χ3n) is 3.96. The van der Waals surface area contributed by atoms with Crippen LogP contribution in [-0.4, -0.2) is 11.1 Å². The first-order valence-electron chi connectivity index (χ1n) is 7.99. The molecule has 22 heavy (non-hydrogen) atoms. The number of aromatic nitrogens is 1. The van der Waals surface area contributed by atoms with Gasteiger partial charge >= 0.3 is 5.97 Å². The molecular weight excluding hydrogens is 274 g/mol. The van der Waals surface area contributed by atoms with Gasteiger partial charge in [0.25, 0.3) is 0 Å². The molecule has 1 atom stereocenters. The van der Waals surface area contributed by atoms with Crippen LogP contribution in [0, 0.1) is 5.92 Å². The van der Waals surface area contributed by atoms with Crippen molar-refractivity contribution in [3.63, 3.8) is 0 Å². The second-order valence-electron chi connectivity index (χ2n) is 5.65. The number of carboxylic acids is 1. The molecule has 116 valence electrons. The molecule has 2 rings (SSSR count). The Kier molecular flexibility index (Phi) is 6.13. The van der Waals surface area contributed by atoms with Gasteiger partial charge in [-0.3, -0.25) is 4.79 Å². The maximum atomic E-state index is 11.5. The number of nitrogens with zero attached hydrogens (tertiary/aromatic N) is 1. The van der Waals surface area contributed by atoms with Gasteiger partial charge in [0.1, 0.15) is 0 Å². The maximum absolute atomic E-state index is 11.5. The molecule has 3 heteroatoms. The van der Waals surface area contributed by atoms with Gasteiger partial charge in [0, 0.05) is 23.8 Å². The van der Waals surface area contributed by atoms with Crippen LogP contribution in [0.1, 0.15) is 38.2 Å². The van der Waals surface area contributed by atoms with E-state index in [1.165, 1.54) is 0 Å². The summed E-state index contributed by atoms with van der Waals surface area (Å²) < 4.78 is 2.04. The van der Waals surface area contributed by atoms with Crippen molar-refractivity contribution in [3.05, 3.63) is 60.4 Å². The summed E-state index contributed by atoms with van der Waals surface area (Å²) in [4.78, 5) is 11.5. The van der Waals surface area contributed by atoms with Crippen LogP contribution < -0.4 is 4.57 Å². The van der Waals surface area contributed by atoms with Gasteiger partial charge in [0.2, 0.25) is 5.69 Å². The summed E-state index contributed by atoms with van der Waals surface area (Å²) >= 11 is 0. The molecule has 0 radical (unpaired) electrons. The minimum Gasteiger partial charge on any atom is -0.481 e. The Morgan fingerprint density at radius 1 is 1.09 bits per heavy atom. The lowest BCUT2D eigenvalue weighted by Gasteiger charge is -2.13. The fourth-order valence-electron chi connectivity index (χ4n) is 2.71. The highest BCUT2D eigenvalue weighted by Crippen LogP contribution is 2.19. The van der Waals surface area contributed by atoms with Crippen molar-refractivity contribution in [2.45, 2.75) is 39.0 Å². The summed E-state index contributed by atoms with van der Waals surface area (Å²) in [5.74, 6) is -0.999. The molecule has 1 unspecified atom stereocenters. The molecule has 1 aromatic carbocycles. The molecule has 0 aliphatic rings. The number of carboxylic acid groups (broad SMARTS) is 1. The van der Waals surface area contributed by atoms with E-state index >= 15 is 0 Å². The summed E-state index contributed by atoms with van der Waals surface area (Å²) in [6.07, 6.45) is 8.50. The minimum absolute atomic E-state index is 0.308. The zero-order valence-electron chi connectivity index (χ0n) is 13.1. The lowest BCUT2D eigenvalue weighted by Crippen LogP contribution is -2.31. The van der Waals surface area contributed by atoms with Gasteiger partial charge in [0.05, 0.1) is 5.92 Å². The van der Waals surface area contributed by atoms with E-state index in [9.17, 15) is 9.90 Å². The van der Waals surface area contributed by atoms with Crippen molar-refractivity contribution >= 4 is 5.97 Å². The Labute approximate surface area is 132 Å². The first-order chi connectivity index (χ1) is 10.7. The Hall–Kier alpha value is -2.16. The van der Waals surface area contributed by atoms with Crippen LogP contribution in [0.4, 0.5) is 0 Å².